The van der Waals surface area contributed by atoms with E-state index < -0.39 is 0 Å². The molecule has 37 heavy (non-hydrogen) atoms. The van der Waals surface area contributed by atoms with Gasteiger partial charge in [0.1, 0.15) is 40.8 Å². The fraction of sp³-hybridized carbons (Fsp3) is 0.444. The maximum atomic E-state index is 12.6. The molecule has 0 aromatic carbocycles. The van der Waals surface area contributed by atoms with Gasteiger partial charge in [0, 0.05) is 26.3 Å². The standard InChI is InChI=1S/C18H19N5O.C9H13N3O/c1-22(13-6-4-3-5-7-13)17-14(11-20)18(24)23(2)15-9-8-12(10-19)21-16(15)17;1-9(2,3)13-12-6-8-4-5-10-7-11-8/h8-9,13H,3-7H2,1-2H3;4-7H,1-3H3/b;12-6-. The monoisotopic (exact) mass is 500 g/mol. The Balaban J connectivity index is 0.000000248. The molecule has 0 saturated heterocycles. The smallest absolute Gasteiger partial charge is 0.270 e. The maximum Gasteiger partial charge on any atom is 0.270 e. The van der Waals surface area contributed by atoms with Gasteiger partial charge in [-0.05, 0) is 51.8 Å². The third-order valence-corrected chi connectivity index (χ3v) is 6.03. The van der Waals surface area contributed by atoms with Crippen LogP contribution in [0.3, 0.4) is 0 Å². The van der Waals surface area contributed by atoms with Crippen molar-refractivity contribution in [2.24, 2.45) is 12.2 Å². The summed E-state index contributed by atoms with van der Waals surface area (Å²) in [6.07, 6.45) is 10.3. The number of hydrogen-bond donors (Lipinski definition) is 0. The van der Waals surface area contributed by atoms with Gasteiger partial charge in [-0.3, -0.25) is 4.79 Å². The largest absolute Gasteiger partial charge is 0.390 e. The Morgan fingerprint density at radius 3 is 2.49 bits per heavy atom. The molecule has 1 aliphatic carbocycles. The molecule has 1 fully saturated rings. The Kier molecular flexibility index (Phi) is 8.91. The van der Waals surface area contributed by atoms with Gasteiger partial charge in [-0.2, -0.15) is 10.5 Å². The molecule has 10 nitrogen and oxygen atoms in total. The van der Waals surface area contributed by atoms with Crippen LogP contribution in [0.1, 0.15) is 69.8 Å². The first-order chi connectivity index (χ1) is 17.7. The molecule has 3 aromatic heterocycles. The summed E-state index contributed by atoms with van der Waals surface area (Å²) in [6.45, 7) is 5.80. The van der Waals surface area contributed by atoms with Gasteiger partial charge < -0.3 is 14.3 Å². The van der Waals surface area contributed by atoms with E-state index in [1.54, 1.807) is 37.7 Å². The quantitative estimate of drug-likeness (QED) is 0.387. The minimum atomic E-state index is -0.325. The average molecular weight is 501 g/mol. The fourth-order valence-corrected chi connectivity index (χ4v) is 4.17. The van der Waals surface area contributed by atoms with E-state index >= 15 is 0 Å². The van der Waals surface area contributed by atoms with Crippen LogP contribution in [0.15, 0.2) is 40.7 Å². The minimum absolute atomic E-state index is 0.0978. The second-order valence-electron chi connectivity index (χ2n) is 9.85. The molecule has 4 rings (SSSR count). The molecule has 1 saturated carbocycles. The first-order valence-corrected chi connectivity index (χ1v) is 12.2. The number of aryl methyl sites for hydroxylation is 1. The van der Waals surface area contributed by atoms with E-state index in [2.05, 4.69) is 26.2 Å². The Hall–Kier alpha value is -4.31. The number of oxime groups is 1. The first-order valence-electron chi connectivity index (χ1n) is 12.2. The summed E-state index contributed by atoms with van der Waals surface area (Å²) in [5, 5.41) is 22.5. The van der Waals surface area contributed by atoms with Crippen LogP contribution in [0.5, 0.6) is 0 Å². The van der Waals surface area contributed by atoms with Crippen molar-refractivity contribution in [3.63, 3.8) is 0 Å². The number of pyridine rings is 2. The number of aromatic nitrogens is 4. The minimum Gasteiger partial charge on any atom is -0.390 e. The molecule has 0 spiro atoms. The summed E-state index contributed by atoms with van der Waals surface area (Å²) in [6, 6.07) is 9.46. The highest BCUT2D eigenvalue weighted by atomic mass is 16.6. The van der Waals surface area contributed by atoms with E-state index in [4.69, 9.17) is 10.1 Å². The van der Waals surface area contributed by atoms with Gasteiger partial charge in [-0.25, -0.2) is 15.0 Å². The molecule has 1 aliphatic rings. The van der Waals surface area contributed by atoms with Gasteiger partial charge in [-0.1, -0.05) is 24.4 Å². The van der Waals surface area contributed by atoms with Crippen LogP contribution < -0.4 is 10.5 Å². The Morgan fingerprint density at radius 1 is 1.16 bits per heavy atom. The lowest BCUT2D eigenvalue weighted by Gasteiger charge is -2.33. The topological polar surface area (TPSA) is 133 Å². The van der Waals surface area contributed by atoms with Crippen LogP contribution in [0, 0.1) is 22.7 Å². The zero-order valence-corrected chi connectivity index (χ0v) is 22.0. The SMILES string of the molecule is CC(C)(C)O/N=C\c1ccncn1.CN(c1c(C#N)c(=O)n(C)c2ccc(C#N)nc12)C1CCCCC1. The molecule has 0 N–H and O–H groups in total. The molecule has 3 heterocycles. The van der Waals surface area contributed by atoms with E-state index in [-0.39, 0.29) is 28.5 Å². The Bertz CT molecular complexity index is 1390. The predicted octanol–water partition coefficient (Wildman–Crippen LogP) is 4.07. The van der Waals surface area contributed by atoms with Gasteiger partial charge in [0.2, 0.25) is 0 Å². The average Bonchev–Trinajstić information content (AvgIpc) is 2.90. The first kappa shape index (κ1) is 27.3. The lowest BCUT2D eigenvalue weighted by Crippen LogP contribution is -2.36. The molecule has 192 valence electrons. The zero-order chi connectivity index (χ0) is 27.0. The van der Waals surface area contributed by atoms with Gasteiger partial charge >= 0.3 is 0 Å². The van der Waals surface area contributed by atoms with Crippen LogP contribution in [-0.4, -0.2) is 44.4 Å². The van der Waals surface area contributed by atoms with E-state index in [1.165, 1.54) is 17.3 Å². The molecule has 0 radical (unpaired) electrons. The second kappa shape index (κ2) is 12.1. The van der Waals surface area contributed by atoms with E-state index in [9.17, 15) is 10.1 Å². The highest BCUT2D eigenvalue weighted by Gasteiger charge is 2.25. The summed E-state index contributed by atoms with van der Waals surface area (Å²) in [5.74, 6) is 0. The number of nitrogens with zero attached hydrogens (tertiary/aromatic N) is 8. The fourth-order valence-electron chi connectivity index (χ4n) is 4.17. The highest BCUT2D eigenvalue weighted by molar-refractivity contribution is 5.92. The number of nitriles is 2. The van der Waals surface area contributed by atoms with Crippen molar-refractivity contribution in [3.05, 3.63) is 58.0 Å². The van der Waals surface area contributed by atoms with Crippen LogP contribution in [0.25, 0.3) is 11.0 Å². The van der Waals surface area contributed by atoms with Crippen LogP contribution in [-0.2, 0) is 11.9 Å². The van der Waals surface area contributed by atoms with Gasteiger partial charge in [0.25, 0.3) is 5.56 Å². The third kappa shape index (κ3) is 6.89. The lowest BCUT2D eigenvalue weighted by molar-refractivity contribution is 0.00196. The van der Waals surface area contributed by atoms with Crippen molar-refractivity contribution in [1.82, 2.24) is 19.5 Å². The number of hydrogen-bond acceptors (Lipinski definition) is 9. The van der Waals surface area contributed by atoms with Gasteiger partial charge in [-0.15, -0.1) is 0 Å². The molecule has 0 bridgehead atoms. The molecular weight excluding hydrogens is 468 g/mol. The molecule has 0 amide bonds. The lowest BCUT2D eigenvalue weighted by atomic mass is 9.93. The van der Waals surface area contributed by atoms with Gasteiger partial charge in [0.05, 0.1) is 23.1 Å². The predicted molar refractivity (Wildman–Crippen MR) is 142 cm³/mol. The highest BCUT2D eigenvalue weighted by Crippen LogP contribution is 2.32. The maximum absolute atomic E-state index is 12.6. The van der Waals surface area contributed by atoms with Crippen molar-refractivity contribution < 1.29 is 4.84 Å². The van der Waals surface area contributed by atoms with Crippen molar-refractivity contribution in [3.8, 4) is 12.1 Å². The Morgan fingerprint density at radius 2 is 1.89 bits per heavy atom. The summed E-state index contributed by atoms with van der Waals surface area (Å²) >= 11 is 0. The second-order valence-corrected chi connectivity index (χ2v) is 9.85. The molecule has 0 atom stereocenters. The number of fused-ring (bicyclic) bond motifs is 1. The van der Waals surface area contributed by atoms with Crippen molar-refractivity contribution >= 4 is 22.9 Å². The third-order valence-electron chi connectivity index (χ3n) is 6.03. The van der Waals surface area contributed by atoms with Crippen LogP contribution in [0.4, 0.5) is 5.69 Å². The molecule has 3 aromatic rings. The normalized spacial score (nSPS) is 13.9. The van der Waals surface area contributed by atoms with E-state index in [1.807, 2.05) is 38.8 Å². The summed E-state index contributed by atoms with van der Waals surface area (Å²) in [4.78, 5) is 31.9. The Labute approximate surface area is 216 Å². The van der Waals surface area contributed by atoms with E-state index in [0.717, 1.165) is 31.4 Å². The van der Waals surface area contributed by atoms with Crippen LogP contribution in [0.2, 0.25) is 0 Å². The number of anilines is 1. The van der Waals surface area contributed by atoms with E-state index in [0.29, 0.717) is 16.7 Å². The zero-order valence-electron chi connectivity index (χ0n) is 22.0. The van der Waals surface area contributed by atoms with Gasteiger partial charge in [0.15, 0.2) is 0 Å². The number of rotatable bonds is 4. The summed E-state index contributed by atoms with van der Waals surface area (Å²) in [7, 11) is 3.55. The summed E-state index contributed by atoms with van der Waals surface area (Å²) in [5.41, 5.74) is 2.26. The van der Waals surface area contributed by atoms with Crippen molar-refractivity contribution in [2.45, 2.75) is 64.5 Å². The molecule has 10 heteroatoms. The van der Waals surface area contributed by atoms with Crippen molar-refractivity contribution in [2.75, 3.05) is 11.9 Å². The molecule has 0 unspecified atom stereocenters. The summed E-state index contributed by atoms with van der Waals surface area (Å²) < 4.78 is 1.43. The van der Waals surface area contributed by atoms with Crippen molar-refractivity contribution in [1.29, 1.82) is 10.5 Å². The molecular formula is C27H32N8O2. The molecule has 0 aliphatic heterocycles. The van der Waals surface area contributed by atoms with Crippen LogP contribution >= 0.6 is 0 Å².